The Labute approximate surface area is 144 Å². The summed E-state index contributed by atoms with van der Waals surface area (Å²) < 4.78 is 1.77. The molecule has 4 nitrogen and oxygen atoms in total. The highest BCUT2D eigenvalue weighted by molar-refractivity contribution is 7.99. The van der Waals surface area contributed by atoms with Crippen LogP contribution in [0.25, 0.3) is 10.2 Å². The first-order chi connectivity index (χ1) is 11.2. The highest BCUT2D eigenvalue weighted by Crippen LogP contribution is 2.35. The predicted octanol–water partition coefficient (Wildman–Crippen LogP) is 1.64. The van der Waals surface area contributed by atoms with Crippen molar-refractivity contribution in [3.8, 4) is 0 Å². The standard InChI is InChI=1S/C17H23N3OS2/c1-19-16(21)14-12-6-5-7-13(12)23-15(14)18-17(19)22-11-10-20-8-3-2-4-9-20/h2-11H2,1H3/p+1. The number of nitrogens with zero attached hydrogens (tertiary/aromatic N) is 2. The maximum atomic E-state index is 12.7. The first-order valence-corrected chi connectivity index (χ1v) is 10.5. The van der Waals surface area contributed by atoms with Crippen molar-refractivity contribution in [1.29, 1.82) is 0 Å². The molecule has 1 aliphatic carbocycles. The van der Waals surface area contributed by atoms with Crippen LogP contribution in [0.4, 0.5) is 0 Å². The van der Waals surface area contributed by atoms with Crippen LogP contribution in [0.2, 0.25) is 0 Å². The van der Waals surface area contributed by atoms with E-state index < -0.39 is 0 Å². The summed E-state index contributed by atoms with van der Waals surface area (Å²) in [5.74, 6) is 1.05. The van der Waals surface area contributed by atoms with Gasteiger partial charge < -0.3 is 4.90 Å². The molecule has 23 heavy (non-hydrogen) atoms. The van der Waals surface area contributed by atoms with Crippen molar-refractivity contribution in [3.05, 3.63) is 20.8 Å². The fourth-order valence-electron chi connectivity index (χ4n) is 3.82. The molecule has 0 atom stereocenters. The van der Waals surface area contributed by atoms with Gasteiger partial charge in [-0.05, 0) is 44.1 Å². The molecule has 1 fully saturated rings. The Morgan fingerprint density at radius 1 is 1.22 bits per heavy atom. The van der Waals surface area contributed by atoms with Crippen LogP contribution in [-0.4, -0.2) is 34.9 Å². The smallest absolute Gasteiger partial charge is 0.262 e. The van der Waals surface area contributed by atoms with Gasteiger partial charge in [-0.2, -0.15) is 0 Å². The van der Waals surface area contributed by atoms with Crippen LogP contribution in [-0.2, 0) is 19.9 Å². The zero-order valence-electron chi connectivity index (χ0n) is 13.7. The molecule has 1 N–H and O–H groups in total. The molecule has 6 heteroatoms. The summed E-state index contributed by atoms with van der Waals surface area (Å²) in [7, 11) is 1.88. The van der Waals surface area contributed by atoms with Crippen molar-refractivity contribution in [3.63, 3.8) is 0 Å². The average Bonchev–Trinajstić information content (AvgIpc) is 3.13. The lowest BCUT2D eigenvalue weighted by Crippen LogP contribution is -3.13. The lowest BCUT2D eigenvalue weighted by atomic mass is 10.1. The molecule has 2 aliphatic rings. The number of nitrogens with one attached hydrogen (secondary N) is 1. The van der Waals surface area contributed by atoms with E-state index in [2.05, 4.69) is 0 Å². The highest BCUT2D eigenvalue weighted by atomic mass is 32.2. The second-order valence-electron chi connectivity index (χ2n) is 6.71. The molecule has 1 aliphatic heterocycles. The van der Waals surface area contributed by atoms with Gasteiger partial charge in [0, 0.05) is 11.9 Å². The minimum atomic E-state index is 0.155. The number of quaternary nitrogens is 1. The fourth-order valence-corrected chi connectivity index (χ4v) is 6.14. The number of aromatic nitrogens is 2. The molecule has 0 bridgehead atoms. The zero-order valence-corrected chi connectivity index (χ0v) is 15.3. The number of fused-ring (bicyclic) bond motifs is 3. The van der Waals surface area contributed by atoms with Gasteiger partial charge in [-0.25, -0.2) is 4.98 Å². The zero-order chi connectivity index (χ0) is 15.8. The molecule has 0 saturated carbocycles. The Morgan fingerprint density at radius 2 is 2.04 bits per heavy atom. The van der Waals surface area contributed by atoms with Gasteiger partial charge in [0.15, 0.2) is 5.16 Å². The van der Waals surface area contributed by atoms with Crippen molar-refractivity contribution >= 4 is 33.3 Å². The lowest BCUT2D eigenvalue weighted by Gasteiger charge is -2.23. The maximum Gasteiger partial charge on any atom is 0.262 e. The third-order valence-corrected chi connectivity index (χ3v) is 7.37. The van der Waals surface area contributed by atoms with E-state index in [1.165, 1.54) is 55.8 Å². The average molecular weight is 351 g/mol. The van der Waals surface area contributed by atoms with Crippen LogP contribution in [0.3, 0.4) is 0 Å². The molecule has 1 saturated heterocycles. The molecule has 0 amide bonds. The maximum absolute atomic E-state index is 12.7. The minimum absolute atomic E-state index is 0.155. The van der Waals surface area contributed by atoms with E-state index in [0.29, 0.717) is 0 Å². The highest BCUT2D eigenvalue weighted by Gasteiger charge is 2.22. The fraction of sp³-hybridized carbons (Fsp3) is 0.647. The summed E-state index contributed by atoms with van der Waals surface area (Å²) in [6.45, 7) is 3.80. The summed E-state index contributed by atoms with van der Waals surface area (Å²) >= 11 is 3.49. The second-order valence-corrected chi connectivity index (χ2v) is 8.85. The Morgan fingerprint density at radius 3 is 2.87 bits per heavy atom. The number of thiophene rings is 1. The third-order valence-electron chi connectivity index (χ3n) is 5.15. The topological polar surface area (TPSA) is 39.3 Å². The van der Waals surface area contributed by atoms with Gasteiger partial charge in [-0.15, -0.1) is 11.3 Å². The quantitative estimate of drug-likeness (QED) is 0.673. The molecule has 0 radical (unpaired) electrons. The first kappa shape index (κ1) is 15.7. The molecule has 4 rings (SSSR count). The minimum Gasteiger partial charge on any atom is -0.334 e. The number of hydrogen-bond acceptors (Lipinski definition) is 4. The summed E-state index contributed by atoms with van der Waals surface area (Å²) in [6, 6.07) is 0. The third kappa shape index (κ3) is 2.96. The molecular formula is C17H24N3OS2+. The number of thioether (sulfide) groups is 1. The Bertz CT molecular complexity index is 774. The summed E-state index contributed by atoms with van der Waals surface area (Å²) in [5.41, 5.74) is 1.44. The van der Waals surface area contributed by atoms with Crippen molar-refractivity contribution in [2.75, 3.05) is 25.4 Å². The van der Waals surface area contributed by atoms with Gasteiger partial charge in [0.2, 0.25) is 0 Å². The van der Waals surface area contributed by atoms with Crippen molar-refractivity contribution in [2.24, 2.45) is 7.05 Å². The van der Waals surface area contributed by atoms with Gasteiger partial charge in [0.1, 0.15) is 4.83 Å². The van der Waals surface area contributed by atoms with E-state index in [1.807, 2.05) is 7.05 Å². The Balaban J connectivity index is 1.53. The molecule has 0 aromatic carbocycles. The molecule has 3 heterocycles. The Hall–Kier alpha value is -0.850. The second kappa shape index (κ2) is 6.57. The van der Waals surface area contributed by atoms with Crippen LogP contribution in [0.5, 0.6) is 0 Å². The van der Waals surface area contributed by atoms with E-state index >= 15 is 0 Å². The number of aryl methyl sites for hydroxylation is 2. The van der Waals surface area contributed by atoms with E-state index in [0.717, 1.165) is 34.0 Å². The van der Waals surface area contributed by atoms with Crippen LogP contribution in [0.1, 0.15) is 36.1 Å². The van der Waals surface area contributed by atoms with Gasteiger partial charge in [0.05, 0.1) is 30.8 Å². The molecule has 0 unspecified atom stereocenters. The molecular weight excluding hydrogens is 326 g/mol. The predicted molar refractivity (Wildman–Crippen MR) is 97.0 cm³/mol. The molecule has 2 aromatic heterocycles. The number of likely N-dealkylation sites (tertiary alicyclic amines) is 1. The normalized spacial score (nSPS) is 18.7. The van der Waals surface area contributed by atoms with E-state index in [9.17, 15) is 4.79 Å². The van der Waals surface area contributed by atoms with Crippen LogP contribution >= 0.6 is 23.1 Å². The van der Waals surface area contributed by atoms with Crippen LogP contribution < -0.4 is 10.5 Å². The van der Waals surface area contributed by atoms with Gasteiger partial charge in [0.25, 0.3) is 5.56 Å². The number of rotatable bonds is 4. The summed E-state index contributed by atoms with van der Waals surface area (Å²) in [5, 5.41) is 1.79. The Kier molecular flexibility index (Phi) is 4.48. The monoisotopic (exact) mass is 350 g/mol. The van der Waals surface area contributed by atoms with E-state index in [1.54, 1.807) is 32.6 Å². The molecule has 2 aromatic rings. The van der Waals surface area contributed by atoms with E-state index in [-0.39, 0.29) is 5.56 Å². The first-order valence-electron chi connectivity index (χ1n) is 8.71. The molecule has 124 valence electrons. The van der Waals surface area contributed by atoms with Crippen molar-refractivity contribution in [1.82, 2.24) is 9.55 Å². The lowest BCUT2D eigenvalue weighted by molar-refractivity contribution is -0.902. The SMILES string of the molecule is Cn1c(SCC[NH+]2CCCCC2)nc2sc3c(c2c1=O)CCC3. The molecule has 0 spiro atoms. The van der Waals surface area contributed by atoms with Crippen LogP contribution in [0.15, 0.2) is 9.95 Å². The number of hydrogen-bond donors (Lipinski definition) is 1. The van der Waals surface area contributed by atoms with Crippen molar-refractivity contribution < 1.29 is 4.90 Å². The largest absolute Gasteiger partial charge is 0.334 e. The van der Waals surface area contributed by atoms with Crippen molar-refractivity contribution in [2.45, 2.75) is 43.7 Å². The summed E-state index contributed by atoms with van der Waals surface area (Å²) in [6.07, 6.45) is 7.49. The van der Waals surface area contributed by atoms with Gasteiger partial charge >= 0.3 is 0 Å². The van der Waals surface area contributed by atoms with E-state index in [4.69, 9.17) is 4.98 Å². The van der Waals surface area contributed by atoms with Crippen LogP contribution in [0, 0.1) is 0 Å². The number of piperidine rings is 1. The van der Waals surface area contributed by atoms with Gasteiger partial charge in [-0.1, -0.05) is 11.8 Å². The summed E-state index contributed by atoms with van der Waals surface area (Å²) in [4.78, 5) is 21.6. The van der Waals surface area contributed by atoms with Gasteiger partial charge in [-0.3, -0.25) is 9.36 Å².